The van der Waals surface area contributed by atoms with Gasteiger partial charge in [-0.1, -0.05) is 30.7 Å². The number of unbranched alkanes of at least 4 members (excludes halogenated alkanes) is 1. The second-order valence-electron chi connectivity index (χ2n) is 4.57. The highest BCUT2D eigenvalue weighted by atomic mass is 14.9. The van der Waals surface area contributed by atoms with Crippen LogP contribution in [0.4, 0.5) is 0 Å². The number of terminal acetylenes is 1. The molecule has 0 fully saturated rings. The van der Waals surface area contributed by atoms with E-state index in [4.69, 9.17) is 6.42 Å². The molecule has 1 atom stereocenters. The van der Waals surface area contributed by atoms with Gasteiger partial charge in [0.1, 0.15) is 0 Å². The second-order valence-corrected chi connectivity index (χ2v) is 4.57. The van der Waals surface area contributed by atoms with Crippen LogP contribution in [0.5, 0.6) is 0 Å². The smallest absolute Gasteiger partial charge is 0.0323 e. The molecule has 0 bridgehead atoms. The van der Waals surface area contributed by atoms with Crippen molar-refractivity contribution >= 4 is 0 Å². The third kappa shape index (κ3) is 4.24. The van der Waals surface area contributed by atoms with Gasteiger partial charge in [-0.3, -0.25) is 0 Å². The van der Waals surface area contributed by atoms with Crippen molar-refractivity contribution in [1.29, 1.82) is 0 Å². The number of nitrogens with one attached hydrogen (secondary N) is 1. The van der Waals surface area contributed by atoms with Gasteiger partial charge in [0.25, 0.3) is 0 Å². The molecule has 1 nitrogen and oxygen atoms in total. The van der Waals surface area contributed by atoms with Gasteiger partial charge in [0.05, 0.1) is 0 Å². The fraction of sp³-hybridized carbons (Fsp3) is 0.500. The van der Waals surface area contributed by atoms with Gasteiger partial charge in [0, 0.05) is 12.5 Å². The summed E-state index contributed by atoms with van der Waals surface area (Å²) in [5.74, 6) is 2.71. The zero-order chi connectivity index (χ0) is 12.7. The van der Waals surface area contributed by atoms with E-state index in [1.165, 1.54) is 16.7 Å². The standard InChI is InChI=1S/C16H23N/c1-5-7-8-9-16(17-6-2)15-12-13(3)10-11-14(15)4/h1,10-12,16-17H,6-9H2,2-4H3. The van der Waals surface area contributed by atoms with Crippen LogP contribution in [0, 0.1) is 26.2 Å². The molecule has 0 aliphatic heterocycles. The van der Waals surface area contributed by atoms with Gasteiger partial charge < -0.3 is 5.32 Å². The summed E-state index contributed by atoms with van der Waals surface area (Å²) in [4.78, 5) is 0. The van der Waals surface area contributed by atoms with Crippen molar-refractivity contribution in [3.05, 3.63) is 34.9 Å². The monoisotopic (exact) mass is 229 g/mol. The molecule has 0 aromatic heterocycles. The molecule has 1 unspecified atom stereocenters. The predicted octanol–water partition coefficient (Wildman–Crippen LogP) is 3.76. The van der Waals surface area contributed by atoms with Gasteiger partial charge in [0.2, 0.25) is 0 Å². The number of aryl methyl sites for hydroxylation is 2. The molecule has 0 radical (unpaired) electrons. The summed E-state index contributed by atoms with van der Waals surface area (Å²) in [7, 11) is 0. The lowest BCUT2D eigenvalue weighted by Crippen LogP contribution is -2.21. The van der Waals surface area contributed by atoms with Crippen LogP contribution in [0.25, 0.3) is 0 Å². The van der Waals surface area contributed by atoms with Crippen molar-refractivity contribution in [2.24, 2.45) is 0 Å². The first-order chi connectivity index (χ1) is 8.19. The minimum atomic E-state index is 0.438. The first kappa shape index (κ1) is 13.8. The van der Waals surface area contributed by atoms with E-state index in [2.05, 4.69) is 50.2 Å². The topological polar surface area (TPSA) is 12.0 Å². The molecule has 1 aromatic carbocycles. The highest BCUT2D eigenvalue weighted by Crippen LogP contribution is 2.23. The van der Waals surface area contributed by atoms with Crippen molar-refractivity contribution < 1.29 is 0 Å². The van der Waals surface area contributed by atoms with Gasteiger partial charge in [-0.2, -0.15) is 0 Å². The SMILES string of the molecule is C#CCCCC(NCC)c1cc(C)ccc1C. The van der Waals surface area contributed by atoms with Crippen LogP contribution in [-0.4, -0.2) is 6.54 Å². The summed E-state index contributed by atoms with van der Waals surface area (Å²) in [6.45, 7) is 7.47. The Balaban J connectivity index is 2.81. The number of rotatable bonds is 6. The lowest BCUT2D eigenvalue weighted by Gasteiger charge is -2.20. The van der Waals surface area contributed by atoms with Crippen LogP contribution >= 0.6 is 0 Å². The van der Waals surface area contributed by atoms with Crippen LogP contribution in [0.2, 0.25) is 0 Å². The molecular weight excluding hydrogens is 206 g/mol. The Kier molecular flexibility index (Phi) is 5.80. The predicted molar refractivity (Wildman–Crippen MR) is 75.0 cm³/mol. The third-order valence-corrected chi connectivity index (χ3v) is 3.07. The highest BCUT2D eigenvalue weighted by molar-refractivity contribution is 5.33. The number of benzene rings is 1. The summed E-state index contributed by atoms with van der Waals surface area (Å²) in [5.41, 5.74) is 4.11. The largest absolute Gasteiger partial charge is 0.310 e. The van der Waals surface area contributed by atoms with Crippen molar-refractivity contribution in [2.45, 2.75) is 46.1 Å². The number of hydrogen-bond acceptors (Lipinski definition) is 1. The molecule has 1 heteroatoms. The van der Waals surface area contributed by atoms with Gasteiger partial charge >= 0.3 is 0 Å². The number of hydrogen-bond donors (Lipinski definition) is 1. The summed E-state index contributed by atoms with van der Waals surface area (Å²) in [5, 5.41) is 3.56. The van der Waals surface area contributed by atoms with Crippen LogP contribution in [-0.2, 0) is 0 Å². The second kappa shape index (κ2) is 7.14. The summed E-state index contributed by atoms with van der Waals surface area (Å²) >= 11 is 0. The Morgan fingerprint density at radius 1 is 1.35 bits per heavy atom. The Morgan fingerprint density at radius 2 is 2.12 bits per heavy atom. The lowest BCUT2D eigenvalue weighted by atomic mass is 9.95. The maximum absolute atomic E-state index is 5.31. The van der Waals surface area contributed by atoms with E-state index < -0.39 is 0 Å². The fourth-order valence-corrected chi connectivity index (χ4v) is 2.16. The van der Waals surface area contributed by atoms with Crippen LogP contribution in [0.3, 0.4) is 0 Å². The van der Waals surface area contributed by atoms with Gasteiger partial charge in [-0.15, -0.1) is 12.3 Å². The van der Waals surface area contributed by atoms with E-state index in [9.17, 15) is 0 Å². The van der Waals surface area contributed by atoms with E-state index in [1.807, 2.05) is 0 Å². The minimum Gasteiger partial charge on any atom is -0.310 e. The molecule has 17 heavy (non-hydrogen) atoms. The summed E-state index contributed by atoms with van der Waals surface area (Å²) < 4.78 is 0. The fourth-order valence-electron chi connectivity index (χ4n) is 2.16. The molecule has 0 saturated carbocycles. The van der Waals surface area contributed by atoms with Crippen molar-refractivity contribution in [3.63, 3.8) is 0 Å². The normalized spacial score (nSPS) is 12.1. The molecule has 0 amide bonds. The highest BCUT2D eigenvalue weighted by Gasteiger charge is 2.12. The molecule has 0 aliphatic carbocycles. The molecule has 0 heterocycles. The molecule has 0 saturated heterocycles. The molecular formula is C16H23N. The molecule has 92 valence electrons. The summed E-state index contributed by atoms with van der Waals surface area (Å²) in [6.07, 6.45) is 8.38. The van der Waals surface area contributed by atoms with E-state index in [-0.39, 0.29) is 0 Å². The van der Waals surface area contributed by atoms with E-state index in [1.54, 1.807) is 0 Å². The average Bonchev–Trinajstić information content (AvgIpc) is 2.32. The molecule has 1 rings (SSSR count). The Hall–Kier alpha value is -1.26. The Bertz CT molecular complexity index is 387. The first-order valence-electron chi connectivity index (χ1n) is 6.43. The van der Waals surface area contributed by atoms with Crippen molar-refractivity contribution in [2.75, 3.05) is 6.54 Å². The zero-order valence-electron chi connectivity index (χ0n) is 11.2. The maximum Gasteiger partial charge on any atom is 0.0323 e. The Morgan fingerprint density at radius 3 is 2.76 bits per heavy atom. The van der Waals surface area contributed by atoms with Crippen molar-refractivity contribution in [1.82, 2.24) is 5.32 Å². The van der Waals surface area contributed by atoms with E-state index in [0.29, 0.717) is 6.04 Å². The van der Waals surface area contributed by atoms with Crippen molar-refractivity contribution in [3.8, 4) is 12.3 Å². The van der Waals surface area contributed by atoms with Crippen LogP contribution in [0.1, 0.15) is 48.9 Å². The molecule has 1 N–H and O–H groups in total. The lowest BCUT2D eigenvalue weighted by molar-refractivity contribution is 0.499. The van der Waals surface area contributed by atoms with Gasteiger partial charge in [-0.05, 0) is 44.4 Å². The zero-order valence-corrected chi connectivity index (χ0v) is 11.2. The molecule has 1 aromatic rings. The maximum atomic E-state index is 5.31. The van der Waals surface area contributed by atoms with Crippen LogP contribution in [0.15, 0.2) is 18.2 Å². The molecule has 0 spiro atoms. The third-order valence-electron chi connectivity index (χ3n) is 3.07. The summed E-state index contributed by atoms with van der Waals surface area (Å²) in [6, 6.07) is 7.10. The first-order valence-corrected chi connectivity index (χ1v) is 6.43. The van der Waals surface area contributed by atoms with Crippen LogP contribution < -0.4 is 5.32 Å². The molecule has 0 aliphatic rings. The Labute approximate surface area is 106 Å². The van der Waals surface area contributed by atoms with Gasteiger partial charge in [0.15, 0.2) is 0 Å². The minimum absolute atomic E-state index is 0.438. The van der Waals surface area contributed by atoms with Gasteiger partial charge in [-0.25, -0.2) is 0 Å². The average molecular weight is 229 g/mol. The van der Waals surface area contributed by atoms with E-state index in [0.717, 1.165) is 25.8 Å². The van der Waals surface area contributed by atoms with E-state index >= 15 is 0 Å². The quantitative estimate of drug-likeness (QED) is 0.578.